The van der Waals surface area contributed by atoms with Gasteiger partial charge in [-0.3, -0.25) is 14.4 Å². The Hall–Kier alpha value is -4.20. The van der Waals surface area contributed by atoms with E-state index in [4.69, 9.17) is 0 Å². The number of carbonyl (C=O) groups is 2. The summed E-state index contributed by atoms with van der Waals surface area (Å²) in [7, 11) is 0. The van der Waals surface area contributed by atoms with Gasteiger partial charge in [0.15, 0.2) is 0 Å². The molecule has 0 bridgehead atoms. The lowest BCUT2D eigenvalue weighted by atomic mass is 9.88. The molecule has 1 saturated heterocycles. The molecule has 2 heterocycles. The van der Waals surface area contributed by atoms with E-state index in [1.807, 2.05) is 4.90 Å². The minimum absolute atomic E-state index is 0.0541. The molecule has 2 atom stereocenters. The Bertz CT molecular complexity index is 1810. The smallest absolute Gasteiger partial charge is 0.419 e. The number of aliphatic carboxylic acids is 1. The molecule has 0 unspecified atom stereocenters. The number of pyridine rings is 1. The molecule has 2 N–H and O–H groups in total. The number of halogens is 7. The predicted molar refractivity (Wildman–Crippen MR) is 173 cm³/mol. The van der Waals surface area contributed by atoms with Crippen molar-refractivity contribution in [2.75, 3.05) is 19.6 Å². The average molecular weight is 712 g/mol. The zero-order valence-corrected chi connectivity index (χ0v) is 28.4. The first-order valence-corrected chi connectivity index (χ1v) is 16.2. The van der Waals surface area contributed by atoms with E-state index >= 15 is 4.39 Å². The lowest BCUT2D eigenvalue weighted by molar-refractivity contribution is -0.140. The Morgan fingerprint density at radius 2 is 1.56 bits per heavy atom. The van der Waals surface area contributed by atoms with Crippen molar-refractivity contribution in [3.63, 3.8) is 0 Å². The summed E-state index contributed by atoms with van der Waals surface area (Å²) in [4.78, 5) is 41.1. The fourth-order valence-electron chi connectivity index (χ4n) is 6.30. The summed E-state index contributed by atoms with van der Waals surface area (Å²) in [5.74, 6) is -4.75. The molecule has 0 saturated carbocycles. The molecular formula is C36H40F7N3O4. The lowest BCUT2D eigenvalue weighted by Gasteiger charge is -2.31. The van der Waals surface area contributed by atoms with Gasteiger partial charge in [-0.25, -0.2) is 4.39 Å². The van der Waals surface area contributed by atoms with Crippen LogP contribution >= 0.6 is 0 Å². The molecule has 50 heavy (non-hydrogen) atoms. The van der Waals surface area contributed by atoms with E-state index < -0.39 is 70.8 Å². The van der Waals surface area contributed by atoms with Gasteiger partial charge in [-0.2, -0.15) is 26.3 Å². The maximum absolute atomic E-state index is 15.9. The Kier molecular flexibility index (Phi) is 11.5. The SMILES string of the molecule is Cc1ccc(C)c(-c2cc([C@H](CC(=O)O)NC(=O)[C@H](CC(C)C)n3cc(CCN4CCC4)c(C(F)(F)F)cc3=O)c(F)c(C(F)(F)F)c2)c1C. The van der Waals surface area contributed by atoms with Gasteiger partial charge in [0, 0.05) is 24.4 Å². The number of alkyl halides is 6. The molecule has 0 spiro atoms. The number of hydrogen-bond acceptors (Lipinski definition) is 4. The molecule has 4 rings (SSSR count). The minimum atomic E-state index is -5.20. The molecular weight excluding hydrogens is 671 g/mol. The number of nitrogens with zero attached hydrogens (tertiary/aromatic N) is 2. The van der Waals surface area contributed by atoms with Crippen LogP contribution in [0.5, 0.6) is 0 Å². The van der Waals surface area contributed by atoms with E-state index in [0.29, 0.717) is 41.9 Å². The van der Waals surface area contributed by atoms with Crippen LogP contribution < -0.4 is 10.9 Å². The standard InChI is InChI=1S/C36H40F7N3O4/c1-19(2)13-29(46-18-23(9-12-45-10-6-11-45)26(16-30(46)47)35(38,39)40)34(50)44-28(17-31(48)49)25-14-24(15-27(33(25)37)36(41,42)43)32-21(4)8-7-20(3)22(32)5/h7-8,14-16,18-19,28-29H,6,9-13,17H2,1-5H3,(H,44,50)(H,48,49)/t28-,29-/m0/s1. The maximum Gasteiger partial charge on any atom is 0.419 e. The summed E-state index contributed by atoms with van der Waals surface area (Å²) in [6.45, 7) is 10.1. The van der Waals surface area contributed by atoms with Crippen LogP contribution in [0, 0.1) is 32.5 Å². The second-order valence-electron chi connectivity index (χ2n) is 13.3. The fourth-order valence-corrected chi connectivity index (χ4v) is 6.30. The van der Waals surface area contributed by atoms with Gasteiger partial charge in [-0.05, 0) is 105 Å². The molecule has 3 aromatic rings. The van der Waals surface area contributed by atoms with Gasteiger partial charge in [0.2, 0.25) is 5.91 Å². The van der Waals surface area contributed by atoms with Gasteiger partial charge in [0.25, 0.3) is 5.56 Å². The molecule has 0 aliphatic carbocycles. The highest BCUT2D eigenvalue weighted by atomic mass is 19.4. The van der Waals surface area contributed by atoms with Crippen molar-refractivity contribution in [3.8, 4) is 11.1 Å². The Morgan fingerprint density at radius 3 is 2.10 bits per heavy atom. The highest BCUT2D eigenvalue weighted by molar-refractivity contribution is 5.82. The summed E-state index contributed by atoms with van der Waals surface area (Å²) < 4.78 is 101. The van der Waals surface area contributed by atoms with Crippen LogP contribution in [0.4, 0.5) is 30.7 Å². The van der Waals surface area contributed by atoms with Crippen molar-refractivity contribution in [3.05, 3.63) is 91.6 Å². The van der Waals surface area contributed by atoms with E-state index in [-0.39, 0.29) is 36.4 Å². The van der Waals surface area contributed by atoms with Gasteiger partial charge in [0.05, 0.1) is 23.6 Å². The van der Waals surface area contributed by atoms with E-state index in [9.17, 15) is 45.8 Å². The monoisotopic (exact) mass is 711 g/mol. The van der Waals surface area contributed by atoms with Crippen molar-refractivity contribution < 1.29 is 45.4 Å². The number of amides is 1. The Labute approximate surface area is 285 Å². The molecule has 14 heteroatoms. The summed E-state index contributed by atoms with van der Waals surface area (Å²) >= 11 is 0. The van der Waals surface area contributed by atoms with Crippen molar-refractivity contribution >= 4 is 11.9 Å². The number of aryl methyl sites for hydroxylation is 2. The van der Waals surface area contributed by atoms with Crippen LogP contribution in [0.2, 0.25) is 0 Å². The average Bonchev–Trinajstić information content (AvgIpc) is 2.96. The van der Waals surface area contributed by atoms with Crippen LogP contribution in [-0.2, 0) is 28.4 Å². The molecule has 1 aliphatic heterocycles. The number of hydrogen-bond donors (Lipinski definition) is 2. The molecule has 1 fully saturated rings. The quantitative estimate of drug-likeness (QED) is 0.187. The molecule has 0 radical (unpaired) electrons. The predicted octanol–water partition coefficient (Wildman–Crippen LogP) is 7.78. The maximum atomic E-state index is 15.9. The number of benzene rings is 2. The molecule has 1 aliphatic rings. The zero-order valence-electron chi connectivity index (χ0n) is 28.4. The third-order valence-corrected chi connectivity index (χ3v) is 9.16. The van der Waals surface area contributed by atoms with E-state index in [1.54, 1.807) is 46.8 Å². The molecule has 2 aromatic carbocycles. The van der Waals surface area contributed by atoms with Crippen molar-refractivity contribution in [2.24, 2.45) is 5.92 Å². The molecule has 272 valence electrons. The summed E-state index contributed by atoms with van der Waals surface area (Å²) in [5, 5.41) is 12.1. The summed E-state index contributed by atoms with van der Waals surface area (Å²) in [5.41, 5.74) is -2.71. The van der Waals surface area contributed by atoms with Crippen molar-refractivity contribution in [1.29, 1.82) is 0 Å². The number of carbonyl (C=O) groups excluding carboxylic acids is 1. The van der Waals surface area contributed by atoms with Crippen LogP contribution in [0.15, 0.2) is 41.3 Å². The van der Waals surface area contributed by atoms with Crippen molar-refractivity contribution in [2.45, 2.75) is 84.7 Å². The number of carboxylic acids is 1. The van der Waals surface area contributed by atoms with Gasteiger partial charge in [0.1, 0.15) is 11.9 Å². The molecule has 1 aromatic heterocycles. The van der Waals surface area contributed by atoms with Crippen LogP contribution in [0.3, 0.4) is 0 Å². The van der Waals surface area contributed by atoms with E-state index in [0.717, 1.165) is 28.8 Å². The Morgan fingerprint density at radius 1 is 0.940 bits per heavy atom. The number of carboxylic acid groups (broad SMARTS) is 1. The zero-order chi connectivity index (χ0) is 37.3. The highest BCUT2D eigenvalue weighted by Crippen LogP contribution is 2.40. The third-order valence-electron chi connectivity index (χ3n) is 9.16. The van der Waals surface area contributed by atoms with Gasteiger partial charge in [-0.1, -0.05) is 26.0 Å². The lowest BCUT2D eigenvalue weighted by Crippen LogP contribution is -2.41. The minimum Gasteiger partial charge on any atom is -0.481 e. The van der Waals surface area contributed by atoms with Gasteiger partial charge in [-0.15, -0.1) is 0 Å². The van der Waals surface area contributed by atoms with Crippen LogP contribution in [0.25, 0.3) is 11.1 Å². The largest absolute Gasteiger partial charge is 0.481 e. The summed E-state index contributed by atoms with van der Waals surface area (Å²) in [6, 6.07) is 2.22. The first-order chi connectivity index (χ1) is 23.2. The van der Waals surface area contributed by atoms with Gasteiger partial charge >= 0.3 is 18.3 Å². The topological polar surface area (TPSA) is 91.6 Å². The highest BCUT2D eigenvalue weighted by Gasteiger charge is 2.39. The van der Waals surface area contributed by atoms with Crippen molar-refractivity contribution in [1.82, 2.24) is 14.8 Å². The third kappa shape index (κ3) is 8.74. The molecule has 1 amide bonds. The number of nitrogens with one attached hydrogen (secondary N) is 1. The number of likely N-dealkylation sites (tertiary alicyclic amines) is 1. The first kappa shape index (κ1) is 38.6. The van der Waals surface area contributed by atoms with E-state index in [2.05, 4.69) is 5.32 Å². The second kappa shape index (κ2) is 15.0. The Balaban J connectivity index is 1.85. The number of rotatable bonds is 12. The van der Waals surface area contributed by atoms with Gasteiger partial charge < -0.3 is 19.9 Å². The van der Waals surface area contributed by atoms with Crippen LogP contribution in [0.1, 0.15) is 84.1 Å². The normalized spacial score (nSPS) is 15.1. The molecule has 7 nitrogen and oxygen atoms in total. The second-order valence-corrected chi connectivity index (χ2v) is 13.3. The fraction of sp³-hybridized carbons (Fsp3) is 0.472. The van der Waals surface area contributed by atoms with Crippen LogP contribution in [-0.4, -0.2) is 46.1 Å². The number of aromatic nitrogens is 1. The van der Waals surface area contributed by atoms with E-state index in [1.165, 1.54) is 0 Å². The first-order valence-electron chi connectivity index (χ1n) is 16.2. The summed E-state index contributed by atoms with van der Waals surface area (Å²) in [6.07, 6.45) is -9.42.